The number of rotatable bonds is 4. The second-order valence-corrected chi connectivity index (χ2v) is 6.13. The Bertz CT molecular complexity index is 1040. The number of nitrogens with two attached hydrogens (primary N) is 1. The predicted molar refractivity (Wildman–Crippen MR) is 101 cm³/mol. The number of anilines is 1. The van der Waals surface area contributed by atoms with Gasteiger partial charge in [0, 0.05) is 11.3 Å². The van der Waals surface area contributed by atoms with E-state index >= 15 is 0 Å². The number of para-hydroxylation sites is 1. The number of nitrogens with zero attached hydrogens (tertiary/aromatic N) is 2. The van der Waals surface area contributed by atoms with Crippen molar-refractivity contribution in [2.45, 2.75) is 12.3 Å². The normalized spacial score (nSPS) is 20.4. The van der Waals surface area contributed by atoms with Crippen molar-refractivity contribution < 1.29 is 19.1 Å². The highest BCUT2D eigenvalue weighted by Gasteiger charge is 2.62. The first-order chi connectivity index (χ1) is 13.4. The van der Waals surface area contributed by atoms with Crippen LogP contribution in [0.4, 0.5) is 5.69 Å². The van der Waals surface area contributed by atoms with E-state index in [-0.39, 0.29) is 35.9 Å². The van der Waals surface area contributed by atoms with Crippen molar-refractivity contribution in [2.75, 3.05) is 18.1 Å². The van der Waals surface area contributed by atoms with Crippen LogP contribution in [0, 0.1) is 23.7 Å². The van der Waals surface area contributed by atoms with E-state index in [0.29, 0.717) is 11.3 Å². The molecule has 0 saturated heterocycles. The molecule has 1 spiro atoms. The van der Waals surface area contributed by atoms with Crippen LogP contribution in [0.5, 0.6) is 0 Å². The Balaban J connectivity index is 2.38. The molecule has 3 rings (SSSR count). The fourth-order valence-electron chi connectivity index (χ4n) is 3.67. The highest BCUT2D eigenvalue weighted by molar-refractivity contribution is 6.18. The van der Waals surface area contributed by atoms with E-state index in [1.165, 1.54) is 17.9 Å². The van der Waals surface area contributed by atoms with Crippen LogP contribution in [-0.4, -0.2) is 25.0 Å². The summed E-state index contributed by atoms with van der Waals surface area (Å²) >= 11 is 0. The van der Waals surface area contributed by atoms with Crippen LogP contribution >= 0.6 is 0 Å². The molecule has 0 fully saturated rings. The molecule has 0 bridgehead atoms. The molecule has 2 heterocycles. The second kappa shape index (κ2) is 6.98. The molecule has 1 atom stereocenters. The number of ether oxygens (including phenoxy) is 2. The molecule has 2 N–H and O–H groups in total. The van der Waals surface area contributed by atoms with E-state index in [9.17, 15) is 14.9 Å². The van der Waals surface area contributed by atoms with Crippen molar-refractivity contribution in [3.05, 3.63) is 65.3 Å². The Labute approximate surface area is 162 Å². The smallest absolute Gasteiger partial charge is 0.339 e. The largest absolute Gasteiger partial charge is 0.458 e. The SMILES string of the molecule is C#CCN1C(=O)C2(C(C#N)=C(N)OC(C)=C2C(=O)OCC=C)c2ccccc21. The van der Waals surface area contributed by atoms with Crippen molar-refractivity contribution in [1.82, 2.24) is 0 Å². The summed E-state index contributed by atoms with van der Waals surface area (Å²) < 4.78 is 10.6. The monoisotopic (exact) mass is 375 g/mol. The van der Waals surface area contributed by atoms with Gasteiger partial charge in [-0.3, -0.25) is 9.69 Å². The third kappa shape index (κ3) is 2.38. The number of carbonyl (C=O) groups excluding carboxylic acids is 2. The fraction of sp³-hybridized carbons (Fsp3) is 0.190. The quantitative estimate of drug-likeness (QED) is 0.487. The summed E-state index contributed by atoms with van der Waals surface area (Å²) in [5, 5.41) is 9.84. The Morgan fingerprint density at radius 1 is 1.50 bits per heavy atom. The van der Waals surface area contributed by atoms with Gasteiger partial charge in [0.15, 0.2) is 5.41 Å². The molecule has 1 unspecified atom stereocenters. The molecule has 2 aliphatic heterocycles. The van der Waals surface area contributed by atoms with Crippen LogP contribution in [0.2, 0.25) is 0 Å². The summed E-state index contributed by atoms with van der Waals surface area (Å²) in [7, 11) is 0. The van der Waals surface area contributed by atoms with E-state index < -0.39 is 17.3 Å². The van der Waals surface area contributed by atoms with Crippen LogP contribution in [0.15, 0.2) is 59.7 Å². The zero-order chi connectivity index (χ0) is 20.5. The average molecular weight is 375 g/mol. The zero-order valence-electron chi connectivity index (χ0n) is 15.2. The standard InChI is InChI=1S/C21H17N3O4/c1-4-10-24-16-9-7-6-8-14(16)21(20(24)26)15(12-22)18(23)28-13(3)17(21)19(25)27-11-5-2/h1,5-9H,2,10-11,23H2,3H3. The lowest BCUT2D eigenvalue weighted by Crippen LogP contribution is -2.48. The zero-order valence-corrected chi connectivity index (χ0v) is 15.2. The molecule has 0 aromatic heterocycles. The maximum atomic E-state index is 13.7. The topological polar surface area (TPSA) is 106 Å². The summed E-state index contributed by atoms with van der Waals surface area (Å²) in [5.74, 6) is 0.912. The summed E-state index contributed by atoms with van der Waals surface area (Å²) in [4.78, 5) is 27.9. The number of terminal acetylenes is 1. The Morgan fingerprint density at radius 3 is 2.86 bits per heavy atom. The number of fused-ring (bicyclic) bond motifs is 2. The van der Waals surface area contributed by atoms with Crippen molar-refractivity contribution >= 4 is 17.6 Å². The van der Waals surface area contributed by atoms with Crippen LogP contribution in [0.25, 0.3) is 0 Å². The first kappa shape index (κ1) is 18.8. The highest BCUT2D eigenvalue weighted by Crippen LogP contribution is 2.53. The van der Waals surface area contributed by atoms with Gasteiger partial charge in [0.05, 0.1) is 6.54 Å². The Kier molecular flexibility index (Phi) is 4.69. The van der Waals surface area contributed by atoms with Gasteiger partial charge in [0.1, 0.15) is 29.6 Å². The van der Waals surface area contributed by atoms with E-state index in [1.807, 2.05) is 6.07 Å². The van der Waals surface area contributed by atoms with Gasteiger partial charge in [0.25, 0.3) is 0 Å². The number of hydrogen-bond acceptors (Lipinski definition) is 6. The van der Waals surface area contributed by atoms with Gasteiger partial charge < -0.3 is 15.2 Å². The lowest BCUT2D eigenvalue weighted by molar-refractivity contribution is -0.140. The molecule has 0 aliphatic carbocycles. The summed E-state index contributed by atoms with van der Waals surface area (Å²) in [5.41, 5.74) is 4.81. The van der Waals surface area contributed by atoms with Crippen LogP contribution in [-0.2, 0) is 24.5 Å². The summed E-state index contributed by atoms with van der Waals surface area (Å²) in [6.07, 6.45) is 6.84. The molecule has 0 radical (unpaired) electrons. The number of benzene rings is 1. The molecule has 28 heavy (non-hydrogen) atoms. The number of amides is 1. The van der Waals surface area contributed by atoms with E-state index in [1.54, 1.807) is 24.3 Å². The molecule has 7 nitrogen and oxygen atoms in total. The number of carbonyl (C=O) groups is 2. The fourth-order valence-corrected chi connectivity index (χ4v) is 3.67. The lowest BCUT2D eigenvalue weighted by atomic mass is 9.68. The Hall–Kier alpha value is -3.97. The van der Waals surface area contributed by atoms with Gasteiger partial charge in [0.2, 0.25) is 11.8 Å². The van der Waals surface area contributed by atoms with Crippen molar-refractivity contribution in [2.24, 2.45) is 5.73 Å². The van der Waals surface area contributed by atoms with E-state index in [4.69, 9.17) is 21.6 Å². The van der Waals surface area contributed by atoms with Gasteiger partial charge in [-0.1, -0.05) is 36.8 Å². The predicted octanol–water partition coefficient (Wildman–Crippen LogP) is 1.63. The van der Waals surface area contributed by atoms with Gasteiger partial charge in [-0.2, -0.15) is 5.26 Å². The van der Waals surface area contributed by atoms with Gasteiger partial charge in [-0.05, 0) is 13.0 Å². The molecule has 0 saturated carbocycles. The van der Waals surface area contributed by atoms with Crippen LogP contribution in [0.1, 0.15) is 12.5 Å². The Morgan fingerprint density at radius 2 is 2.21 bits per heavy atom. The number of esters is 1. The highest BCUT2D eigenvalue weighted by atomic mass is 16.5. The van der Waals surface area contributed by atoms with E-state index in [0.717, 1.165) is 0 Å². The minimum Gasteiger partial charge on any atom is -0.458 e. The van der Waals surface area contributed by atoms with Gasteiger partial charge >= 0.3 is 5.97 Å². The molecule has 1 aromatic carbocycles. The van der Waals surface area contributed by atoms with Crippen molar-refractivity contribution in [3.8, 4) is 18.4 Å². The van der Waals surface area contributed by atoms with Crippen LogP contribution < -0.4 is 10.6 Å². The van der Waals surface area contributed by atoms with Gasteiger partial charge in [-0.25, -0.2) is 4.79 Å². The average Bonchev–Trinajstić information content (AvgIpc) is 2.90. The molecular weight excluding hydrogens is 358 g/mol. The summed E-state index contributed by atoms with van der Waals surface area (Å²) in [6.45, 7) is 4.90. The number of allylic oxidation sites excluding steroid dienone is 1. The molecule has 140 valence electrons. The van der Waals surface area contributed by atoms with Gasteiger partial charge in [-0.15, -0.1) is 6.42 Å². The number of nitriles is 1. The third-order valence-electron chi connectivity index (χ3n) is 4.67. The minimum absolute atomic E-state index is 0.0366. The first-order valence-corrected chi connectivity index (χ1v) is 8.37. The molecule has 1 aromatic rings. The van der Waals surface area contributed by atoms with Crippen molar-refractivity contribution in [3.63, 3.8) is 0 Å². The molecule has 1 amide bonds. The first-order valence-electron chi connectivity index (χ1n) is 8.37. The molecule has 7 heteroatoms. The lowest BCUT2D eigenvalue weighted by Gasteiger charge is -2.34. The number of hydrogen-bond donors (Lipinski definition) is 1. The van der Waals surface area contributed by atoms with E-state index in [2.05, 4.69) is 12.5 Å². The molecule has 2 aliphatic rings. The van der Waals surface area contributed by atoms with Crippen LogP contribution in [0.3, 0.4) is 0 Å². The minimum atomic E-state index is -1.78. The van der Waals surface area contributed by atoms with Crippen molar-refractivity contribution in [1.29, 1.82) is 5.26 Å². The maximum absolute atomic E-state index is 13.7. The summed E-state index contributed by atoms with van der Waals surface area (Å²) in [6, 6.07) is 8.75. The second-order valence-electron chi connectivity index (χ2n) is 6.13. The molecular formula is C21H17N3O4. The maximum Gasteiger partial charge on any atom is 0.339 e. The third-order valence-corrected chi connectivity index (χ3v) is 4.67.